The van der Waals surface area contributed by atoms with Crippen LogP contribution in [0.15, 0.2) is 35.9 Å². The molecule has 2 saturated heterocycles. The summed E-state index contributed by atoms with van der Waals surface area (Å²) >= 11 is 0. The molecule has 196 valence electrons. The van der Waals surface area contributed by atoms with Crippen LogP contribution >= 0.6 is 0 Å². The van der Waals surface area contributed by atoms with Gasteiger partial charge in [-0.1, -0.05) is 0 Å². The first-order valence-electron chi connectivity index (χ1n) is 12.4. The molecule has 3 heterocycles. The number of carbonyl (C=O) groups is 2. The third-order valence-electron chi connectivity index (χ3n) is 7.14. The average molecular weight is 510 g/mol. The van der Waals surface area contributed by atoms with Crippen LogP contribution in [-0.4, -0.2) is 68.4 Å². The molecule has 2 fully saturated rings. The van der Waals surface area contributed by atoms with Crippen LogP contribution in [0.5, 0.6) is 23.0 Å². The van der Waals surface area contributed by atoms with Crippen molar-refractivity contribution in [1.29, 1.82) is 0 Å². The molecule has 37 heavy (non-hydrogen) atoms. The van der Waals surface area contributed by atoms with E-state index in [0.717, 1.165) is 24.2 Å². The SMILES string of the molecule is COc1cc([C@@H]2C(=C(O)c3ccc4c(c3)C[C@H](C)O4)C(=O)C(=O)N2C[C@H]2CCCO2)cc(OC)c1OC. The number of aliphatic hydroxyl groups is 1. The van der Waals surface area contributed by atoms with Gasteiger partial charge >= 0.3 is 0 Å². The maximum absolute atomic E-state index is 13.4. The second-order valence-corrected chi connectivity index (χ2v) is 9.50. The summed E-state index contributed by atoms with van der Waals surface area (Å²) in [5, 5.41) is 11.5. The van der Waals surface area contributed by atoms with Gasteiger partial charge in [-0.15, -0.1) is 0 Å². The summed E-state index contributed by atoms with van der Waals surface area (Å²) in [6, 6.07) is 7.82. The molecule has 1 amide bonds. The number of Topliss-reactive ketones (excluding diaryl/α,β-unsaturated/α-hetero) is 1. The third-order valence-corrected chi connectivity index (χ3v) is 7.14. The number of rotatable bonds is 7. The first-order valence-corrected chi connectivity index (χ1v) is 12.4. The zero-order valence-electron chi connectivity index (χ0n) is 21.4. The molecule has 0 aromatic heterocycles. The molecule has 1 N–H and O–H groups in total. The van der Waals surface area contributed by atoms with E-state index in [4.69, 9.17) is 23.7 Å². The predicted octanol–water partition coefficient (Wildman–Crippen LogP) is 3.64. The van der Waals surface area contributed by atoms with Crippen molar-refractivity contribution in [2.45, 2.75) is 44.4 Å². The van der Waals surface area contributed by atoms with E-state index in [1.165, 1.54) is 26.2 Å². The summed E-state index contributed by atoms with van der Waals surface area (Å²) in [5.74, 6) is 0.218. The second-order valence-electron chi connectivity index (χ2n) is 9.50. The minimum Gasteiger partial charge on any atom is -0.507 e. The number of amides is 1. The number of aliphatic hydroxyl groups excluding tert-OH is 1. The summed E-state index contributed by atoms with van der Waals surface area (Å²) in [5.41, 5.74) is 1.94. The molecule has 3 aliphatic heterocycles. The number of benzene rings is 2. The molecule has 0 bridgehead atoms. The number of ether oxygens (including phenoxy) is 5. The van der Waals surface area contributed by atoms with Gasteiger partial charge < -0.3 is 33.7 Å². The Balaban J connectivity index is 1.66. The van der Waals surface area contributed by atoms with E-state index in [0.29, 0.717) is 41.4 Å². The van der Waals surface area contributed by atoms with E-state index in [1.54, 1.807) is 24.3 Å². The number of hydrogen-bond donors (Lipinski definition) is 1. The Bertz CT molecular complexity index is 1240. The maximum atomic E-state index is 13.4. The van der Waals surface area contributed by atoms with Crippen LogP contribution in [0.1, 0.15) is 42.5 Å². The van der Waals surface area contributed by atoms with E-state index in [-0.39, 0.29) is 30.1 Å². The van der Waals surface area contributed by atoms with Crippen molar-refractivity contribution in [2.75, 3.05) is 34.5 Å². The van der Waals surface area contributed by atoms with Crippen molar-refractivity contribution in [3.8, 4) is 23.0 Å². The van der Waals surface area contributed by atoms with Crippen molar-refractivity contribution < 1.29 is 38.4 Å². The molecule has 0 unspecified atom stereocenters. The van der Waals surface area contributed by atoms with Crippen LogP contribution in [-0.2, 0) is 20.7 Å². The van der Waals surface area contributed by atoms with Crippen LogP contribution in [0.25, 0.3) is 5.76 Å². The van der Waals surface area contributed by atoms with Crippen molar-refractivity contribution in [2.24, 2.45) is 0 Å². The predicted molar refractivity (Wildman–Crippen MR) is 134 cm³/mol. The van der Waals surface area contributed by atoms with Crippen molar-refractivity contribution in [3.63, 3.8) is 0 Å². The number of ketones is 1. The first-order chi connectivity index (χ1) is 17.9. The lowest BCUT2D eigenvalue weighted by atomic mass is 9.93. The molecule has 0 spiro atoms. The Morgan fingerprint density at radius 3 is 2.43 bits per heavy atom. The molecule has 0 radical (unpaired) electrons. The Morgan fingerprint density at radius 2 is 1.81 bits per heavy atom. The molecular weight excluding hydrogens is 478 g/mol. The van der Waals surface area contributed by atoms with Gasteiger partial charge in [-0.05, 0) is 61.2 Å². The fraction of sp³-hybridized carbons (Fsp3) is 0.429. The van der Waals surface area contributed by atoms with Crippen LogP contribution < -0.4 is 18.9 Å². The van der Waals surface area contributed by atoms with Gasteiger partial charge in [0.2, 0.25) is 5.75 Å². The van der Waals surface area contributed by atoms with E-state index >= 15 is 0 Å². The fourth-order valence-electron chi connectivity index (χ4n) is 5.41. The first kappa shape index (κ1) is 25.0. The molecule has 9 heteroatoms. The molecule has 2 aromatic rings. The molecule has 5 rings (SSSR count). The number of likely N-dealkylation sites (tertiary alicyclic amines) is 1. The number of methoxy groups -OCH3 is 3. The summed E-state index contributed by atoms with van der Waals surface area (Å²) in [6.45, 7) is 2.80. The quantitative estimate of drug-likeness (QED) is 0.343. The van der Waals surface area contributed by atoms with Crippen molar-refractivity contribution >= 4 is 17.4 Å². The molecule has 9 nitrogen and oxygen atoms in total. The molecule has 3 aliphatic rings. The Morgan fingerprint density at radius 1 is 1.08 bits per heavy atom. The van der Waals surface area contributed by atoms with Gasteiger partial charge in [-0.2, -0.15) is 0 Å². The minimum absolute atomic E-state index is 0.00387. The fourth-order valence-corrected chi connectivity index (χ4v) is 5.41. The van der Waals surface area contributed by atoms with Gasteiger partial charge in [0.15, 0.2) is 11.5 Å². The lowest BCUT2D eigenvalue weighted by molar-refractivity contribution is -0.140. The molecular formula is C28H31NO8. The topological polar surface area (TPSA) is 104 Å². The standard InChI is InChI=1S/C28H31NO8/c1-15-10-17-11-16(7-8-20(17)37-15)25(30)23-24(18-12-21(33-2)27(35-4)22(13-18)34-3)29(28(32)26(23)31)14-19-6-5-9-36-19/h7-8,11-13,15,19,24,30H,5-6,9-10,14H2,1-4H3/t15-,19+,24+/m0/s1. The second kappa shape index (κ2) is 9.97. The Hall–Kier alpha value is -3.72. The minimum atomic E-state index is -0.874. The van der Waals surface area contributed by atoms with Gasteiger partial charge in [0.1, 0.15) is 17.6 Å². The van der Waals surface area contributed by atoms with Gasteiger partial charge in [-0.25, -0.2) is 0 Å². The van der Waals surface area contributed by atoms with Gasteiger partial charge in [0.05, 0.1) is 39.0 Å². The number of nitrogens with zero attached hydrogens (tertiary/aromatic N) is 1. The Labute approximate surface area is 215 Å². The third kappa shape index (κ3) is 4.37. The molecule has 0 aliphatic carbocycles. The van der Waals surface area contributed by atoms with E-state index in [9.17, 15) is 14.7 Å². The highest BCUT2D eigenvalue weighted by molar-refractivity contribution is 6.46. The number of fused-ring (bicyclic) bond motifs is 1. The monoisotopic (exact) mass is 509 g/mol. The summed E-state index contributed by atoms with van der Waals surface area (Å²) in [6.07, 6.45) is 2.21. The number of carbonyl (C=O) groups excluding carboxylic acids is 2. The van der Waals surface area contributed by atoms with Gasteiger partial charge in [0, 0.05) is 25.1 Å². The van der Waals surface area contributed by atoms with Gasteiger partial charge in [0.25, 0.3) is 11.7 Å². The number of hydrogen-bond acceptors (Lipinski definition) is 8. The van der Waals surface area contributed by atoms with Crippen LogP contribution in [0.4, 0.5) is 0 Å². The average Bonchev–Trinajstić information content (AvgIpc) is 3.61. The summed E-state index contributed by atoms with van der Waals surface area (Å²) in [7, 11) is 4.50. The highest BCUT2D eigenvalue weighted by Gasteiger charge is 2.47. The largest absolute Gasteiger partial charge is 0.507 e. The van der Waals surface area contributed by atoms with Crippen molar-refractivity contribution in [1.82, 2.24) is 4.90 Å². The van der Waals surface area contributed by atoms with Crippen LogP contribution in [0, 0.1) is 0 Å². The molecule has 3 atom stereocenters. The van der Waals surface area contributed by atoms with E-state index < -0.39 is 17.7 Å². The zero-order valence-corrected chi connectivity index (χ0v) is 21.4. The van der Waals surface area contributed by atoms with Crippen LogP contribution in [0.3, 0.4) is 0 Å². The lowest BCUT2D eigenvalue weighted by Gasteiger charge is -2.28. The highest BCUT2D eigenvalue weighted by Crippen LogP contribution is 2.46. The zero-order chi connectivity index (χ0) is 26.3. The summed E-state index contributed by atoms with van der Waals surface area (Å²) < 4.78 is 28.1. The van der Waals surface area contributed by atoms with Gasteiger partial charge in [-0.3, -0.25) is 9.59 Å². The smallest absolute Gasteiger partial charge is 0.295 e. The van der Waals surface area contributed by atoms with E-state index in [2.05, 4.69) is 0 Å². The van der Waals surface area contributed by atoms with E-state index in [1.807, 2.05) is 13.0 Å². The lowest BCUT2D eigenvalue weighted by Crippen LogP contribution is -2.36. The molecule has 2 aromatic carbocycles. The van der Waals surface area contributed by atoms with Crippen molar-refractivity contribution in [3.05, 3.63) is 52.6 Å². The molecule has 0 saturated carbocycles. The maximum Gasteiger partial charge on any atom is 0.295 e. The summed E-state index contributed by atoms with van der Waals surface area (Å²) in [4.78, 5) is 28.3. The highest BCUT2D eigenvalue weighted by atomic mass is 16.5. The van der Waals surface area contributed by atoms with Crippen LogP contribution in [0.2, 0.25) is 0 Å². The normalized spacial score (nSPS) is 24.2. The Kier molecular flexibility index (Phi) is 6.72.